The van der Waals surface area contributed by atoms with E-state index in [0.29, 0.717) is 6.54 Å². The van der Waals surface area contributed by atoms with Gasteiger partial charge in [0.15, 0.2) is 5.69 Å². The number of fused-ring (bicyclic) bond motifs is 3. The first-order valence-electron chi connectivity index (χ1n) is 13.4. The Labute approximate surface area is 227 Å². The number of rotatable bonds is 6. The van der Waals surface area contributed by atoms with E-state index in [0.717, 1.165) is 19.0 Å². The largest absolute Gasteiger partial charge is 0.511 e. The highest BCUT2D eigenvalue weighted by atomic mass is 16.8. The molecule has 0 radical (unpaired) electrons. The highest BCUT2D eigenvalue weighted by molar-refractivity contribution is 5.96. The summed E-state index contributed by atoms with van der Waals surface area (Å²) in [5, 5.41) is 4.50. The quantitative estimate of drug-likeness (QED) is 0.342. The SMILES string of the molecule is CCOC(=O)O[C@H](C)Oc1c2n(ncc1=O)[C@@H](C1c3ccccc3CCc3ccccc31)CN(C(C)C)C2=O. The summed E-state index contributed by atoms with van der Waals surface area (Å²) < 4.78 is 17.4. The summed E-state index contributed by atoms with van der Waals surface area (Å²) in [5.41, 5.74) is 4.34. The predicted molar refractivity (Wildman–Crippen MR) is 144 cm³/mol. The lowest BCUT2D eigenvalue weighted by atomic mass is 9.81. The molecule has 1 amide bonds. The summed E-state index contributed by atoms with van der Waals surface area (Å²) in [6.07, 6.45) is 0.891. The van der Waals surface area contributed by atoms with Gasteiger partial charge in [-0.05, 0) is 55.9 Å². The fraction of sp³-hybridized carbons (Fsp3) is 0.400. The molecule has 0 saturated carbocycles. The van der Waals surface area contributed by atoms with Crippen LogP contribution in [0.4, 0.5) is 4.79 Å². The molecule has 1 aromatic heterocycles. The minimum Gasteiger partial charge on any atom is -0.448 e. The van der Waals surface area contributed by atoms with Crippen molar-refractivity contribution in [2.75, 3.05) is 13.2 Å². The molecule has 39 heavy (non-hydrogen) atoms. The van der Waals surface area contributed by atoms with Crippen molar-refractivity contribution in [2.24, 2.45) is 0 Å². The second-order valence-corrected chi connectivity index (χ2v) is 10.1. The molecule has 2 aromatic carbocycles. The van der Waals surface area contributed by atoms with Gasteiger partial charge in [-0.25, -0.2) is 4.79 Å². The number of benzene rings is 2. The summed E-state index contributed by atoms with van der Waals surface area (Å²) >= 11 is 0. The summed E-state index contributed by atoms with van der Waals surface area (Å²) in [6.45, 7) is 7.55. The van der Waals surface area contributed by atoms with E-state index >= 15 is 0 Å². The summed E-state index contributed by atoms with van der Waals surface area (Å²) in [5.74, 6) is -0.679. The third kappa shape index (κ3) is 5.01. The van der Waals surface area contributed by atoms with Gasteiger partial charge < -0.3 is 19.1 Å². The Morgan fingerprint density at radius 2 is 1.62 bits per heavy atom. The first kappa shape index (κ1) is 26.5. The fourth-order valence-corrected chi connectivity index (χ4v) is 5.66. The van der Waals surface area contributed by atoms with Crippen LogP contribution in [0, 0.1) is 0 Å². The maximum absolute atomic E-state index is 13.8. The molecule has 9 heteroatoms. The molecule has 5 rings (SSSR count). The van der Waals surface area contributed by atoms with Crippen molar-refractivity contribution in [2.45, 2.75) is 64.8 Å². The lowest BCUT2D eigenvalue weighted by Crippen LogP contribution is -2.50. The average molecular weight is 532 g/mol. The van der Waals surface area contributed by atoms with Crippen LogP contribution in [0.15, 0.2) is 59.5 Å². The molecule has 9 nitrogen and oxygen atoms in total. The smallest absolute Gasteiger partial charge is 0.448 e. The number of carbonyl (C=O) groups excluding carboxylic acids is 2. The molecule has 3 aromatic rings. The van der Waals surface area contributed by atoms with Crippen LogP contribution < -0.4 is 10.2 Å². The van der Waals surface area contributed by atoms with Gasteiger partial charge in [0.2, 0.25) is 17.5 Å². The van der Waals surface area contributed by atoms with Crippen molar-refractivity contribution in [3.63, 3.8) is 0 Å². The van der Waals surface area contributed by atoms with Gasteiger partial charge in [-0.15, -0.1) is 0 Å². The number of amides is 1. The first-order valence-corrected chi connectivity index (χ1v) is 13.4. The third-order valence-electron chi connectivity index (χ3n) is 7.39. The van der Waals surface area contributed by atoms with E-state index in [1.807, 2.05) is 26.0 Å². The van der Waals surface area contributed by atoms with E-state index in [2.05, 4.69) is 41.5 Å². The Bertz CT molecular complexity index is 1400. The van der Waals surface area contributed by atoms with Gasteiger partial charge in [0.1, 0.15) is 0 Å². The number of ether oxygens (including phenoxy) is 3. The van der Waals surface area contributed by atoms with Gasteiger partial charge in [-0.3, -0.25) is 14.3 Å². The summed E-state index contributed by atoms with van der Waals surface area (Å²) in [4.78, 5) is 40.5. The van der Waals surface area contributed by atoms with Crippen molar-refractivity contribution >= 4 is 12.1 Å². The van der Waals surface area contributed by atoms with Gasteiger partial charge in [0, 0.05) is 25.4 Å². The van der Waals surface area contributed by atoms with E-state index in [-0.39, 0.29) is 42.0 Å². The molecule has 0 spiro atoms. The Balaban J connectivity index is 1.67. The van der Waals surface area contributed by atoms with Crippen LogP contribution in [0.1, 0.15) is 72.4 Å². The fourth-order valence-electron chi connectivity index (χ4n) is 5.66. The molecule has 204 valence electrons. The molecular weight excluding hydrogens is 498 g/mol. The molecular formula is C30H33N3O6. The van der Waals surface area contributed by atoms with Crippen LogP contribution in [0.5, 0.6) is 5.75 Å². The summed E-state index contributed by atoms with van der Waals surface area (Å²) in [7, 11) is 0. The van der Waals surface area contributed by atoms with Gasteiger partial charge in [0.05, 0.1) is 18.8 Å². The van der Waals surface area contributed by atoms with Gasteiger partial charge in [-0.2, -0.15) is 5.10 Å². The maximum Gasteiger partial charge on any atom is 0.511 e. The normalized spacial score (nSPS) is 17.5. The monoisotopic (exact) mass is 531 g/mol. The highest BCUT2D eigenvalue weighted by Crippen LogP contribution is 2.44. The Morgan fingerprint density at radius 1 is 1.00 bits per heavy atom. The maximum atomic E-state index is 13.8. The molecule has 2 atom stereocenters. The van der Waals surface area contributed by atoms with Crippen molar-refractivity contribution in [3.05, 3.63) is 92.9 Å². The molecule has 0 saturated heterocycles. The van der Waals surface area contributed by atoms with Gasteiger partial charge >= 0.3 is 6.16 Å². The molecule has 1 aliphatic heterocycles. The van der Waals surface area contributed by atoms with Crippen molar-refractivity contribution < 1.29 is 23.8 Å². The second-order valence-electron chi connectivity index (χ2n) is 10.1. The van der Waals surface area contributed by atoms with E-state index in [1.54, 1.807) is 16.5 Å². The van der Waals surface area contributed by atoms with E-state index < -0.39 is 17.9 Å². The van der Waals surface area contributed by atoms with Crippen molar-refractivity contribution in [1.29, 1.82) is 0 Å². The second kappa shape index (κ2) is 10.9. The number of nitrogens with zero attached hydrogens (tertiary/aromatic N) is 3. The zero-order valence-electron chi connectivity index (χ0n) is 22.6. The Kier molecular flexibility index (Phi) is 7.41. The third-order valence-corrected chi connectivity index (χ3v) is 7.39. The minimum absolute atomic E-state index is 0.0472. The molecule has 1 aliphatic carbocycles. The van der Waals surface area contributed by atoms with Crippen LogP contribution in [0.25, 0.3) is 0 Å². The van der Waals surface area contributed by atoms with Crippen molar-refractivity contribution in [3.8, 4) is 5.75 Å². The average Bonchev–Trinajstić information content (AvgIpc) is 3.07. The van der Waals surface area contributed by atoms with E-state index in [9.17, 15) is 14.4 Å². The molecule has 2 heterocycles. The minimum atomic E-state index is -1.16. The molecule has 2 aliphatic rings. The van der Waals surface area contributed by atoms with E-state index in [1.165, 1.54) is 29.2 Å². The molecule has 0 unspecified atom stereocenters. The van der Waals surface area contributed by atoms with Crippen molar-refractivity contribution in [1.82, 2.24) is 14.7 Å². The topological polar surface area (TPSA) is 100.0 Å². The zero-order valence-corrected chi connectivity index (χ0v) is 22.6. The number of aryl methyl sites for hydroxylation is 2. The number of aromatic nitrogens is 2. The lowest BCUT2D eigenvalue weighted by Gasteiger charge is -2.41. The zero-order chi connectivity index (χ0) is 27.7. The van der Waals surface area contributed by atoms with Crippen LogP contribution >= 0.6 is 0 Å². The molecule has 0 fully saturated rings. The molecule has 0 N–H and O–H groups in total. The van der Waals surface area contributed by atoms with Crippen LogP contribution in [0.2, 0.25) is 0 Å². The molecule has 0 bridgehead atoms. The lowest BCUT2D eigenvalue weighted by molar-refractivity contribution is -0.0533. The summed E-state index contributed by atoms with van der Waals surface area (Å²) in [6, 6.07) is 16.3. The number of hydrogen-bond donors (Lipinski definition) is 0. The van der Waals surface area contributed by atoms with Crippen LogP contribution in [-0.2, 0) is 22.3 Å². The predicted octanol–water partition coefficient (Wildman–Crippen LogP) is 4.48. The standard InChI is InChI=1S/C30H33N3O6/c1-5-37-30(36)39-19(4)38-28-25(34)16-31-33-24(17-32(18(2)3)29(35)27(28)33)26-22-12-8-6-10-20(22)14-15-21-11-7-9-13-23(21)26/h6-13,16,18-19,24,26H,5,14-15,17H2,1-4H3/t19-,24-/m1/s1. The van der Waals surface area contributed by atoms with Crippen LogP contribution in [-0.4, -0.2) is 52.2 Å². The van der Waals surface area contributed by atoms with Gasteiger partial charge in [-0.1, -0.05) is 48.5 Å². The number of carbonyl (C=O) groups is 2. The van der Waals surface area contributed by atoms with Crippen LogP contribution in [0.3, 0.4) is 0 Å². The van der Waals surface area contributed by atoms with Gasteiger partial charge in [0.25, 0.3) is 5.91 Å². The number of hydrogen-bond acceptors (Lipinski definition) is 7. The first-order chi connectivity index (χ1) is 18.8. The Hall–Kier alpha value is -4.14. The Morgan fingerprint density at radius 3 is 2.21 bits per heavy atom. The van der Waals surface area contributed by atoms with E-state index in [4.69, 9.17) is 14.2 Å². The highest BCUT2D eigenvalue weighted by Gasteiger charge is 2.42.